The van der Waals surface area contributed by atoms with Gasteiger partial charge in [0.05, 0.1) is 44.4 Å². The predicted molar refractivity (Wildman–Crippen MR) is 300 cm³/mol. The van der Waals surface area contributed by atoms with Crippen molar-refractivity contribution in [3.63, 3.8) is 0 Å². The van der Waals surface area contributed by atoms with Crippen molar-refractivity contribution in [1.29, 1.82) is 0 Å². The van der Waals surface area contributed by atoms with Crippen molar-refractivity contribution in [2.24, 2.45) is 0 Å². The van der Waals surface area contributed by atoms with E-state index in [-0.39, 0.29) is 123 Å². The Morgan fingerprint density at radius 2 is 1.07 bits per heavy atom. The summed E-state index contributed by atoms with van der Waals surface area (Å²) in [5.74, 6) is -13.3. The van der Waals surface area contributed by atoms with Crippen molar-refractivity contribution in [1.82, 2.24) is 61.5 Å². The number of thiocarbonyl (C=S) groups is 1. The molecule has 5 amide bonds. The van der Waals surface area contributed by atoms with Gasteiger partial charge in [-0.2, -0.15) is 0 Å². The Balaban J connectivity index is 0.0000198. The number of aliphatic hydroxyl groups excluding tert-OH is 2. The van der Waals surface area contributed by atoms with Gasteiger partial charge in [-0.15, -0.1) is 0 Å². The molecule has 14 N–H and O–H groups in total. The number of carboxylic acids is 6. The zero-order valence-electron chi connectivity index (χ0n) is 47.1. The maximum atomic E-state index is 13.8. The van der Waals surface area contributed by atoms with Crippen molar-refractivity contribution in [3.05, 3.63) is 83.9 Å². The van der Waals surface area contributed by atoms with E-state index in [0.29, 0.717) is 22.5 Å². The summed E-state index contributed by atoms with van der Waals surface area (Å²) in [7, 11) is 0. The number of imidazole rings is 1. The van der Waals surface area contributed by atoms with Crippen LogP contribution in [0, 0.1) is 39.9 Å². The molecule has 34 heteroatoms. The number of carbonyl (C=O) groups is 11. The summed E-state index contributed by atoms with van der Waals surface area (Å²) >= 11 is 5.41. The fourth-order valence-corrected chi connectivity index (χ4v) is 9.14. The first-order chi connectivity index (χ1) is 40.8. The van der Waals surface area contributed by atoms with Crippen LogP contribution in [0.15, 0.2) is 67.1 Å². The van der Waals surface area contributed by atoms with Gasteiger partial charge in [-0.3, -0.25) is 58.0 Å². The Kier molecular flexibility index (Phi) is 32.3. The third-order valence-electron chi connectivity index (χ3n) is 13.5. The van der Waals surface area contributed by atoms with Gasteiger partial charge in [-0.25, -0.2) is 9.78 Å². The number of aryl methyl sites for hydroxylation is 1. The van der Waals surface area contributed by atoms with Crippen LogP contribution >= 0.6 is 12.2 Å². The summed E-state index contributed by atoms with van der Waals surface area (Å²) in [6, 6.07) is 3.99. The Morgan fingerprint density at radius 3 is 1.56 bits per heavy atom. The minimum Gasteiger partial charge on any atom is -0.549 e. The van der Waals surface area contributed by atoms with E-state index in [2.05, 4.69) is 47.2 Å². The average Bonchev–Trinajstić information content (AvgIpc) is 4.09. The smallest absolute Gasteiger partial charge is 0.549 e. The van der Waals surface area contributed by atoms with Gasteiger partial charge in [0.15, 0.2) is 5.11 Å². The van der Waals surface area contributed by atoms with Crippen LogP contribution in [0.3, 0.4) is 0 Å². The first kappa shape index (κ1) is 73.8. The molecule has 0 saturated carbocycles. The summed E-state index contributed by atoms with van der Waals surface area (Å²) in [6.45, 7) is -1.54. The normalized spacial score (nSPS) is 16.1. The van der Waals surface area contributed by atoms with Gasteiger partial charge in [-0.05, 0) is 55.2 Å². The number of aliphatic hydroxyl groups is 2. The number of aliphatic carboxylic acids is 6. The van der Waals surface area contributed by atoms with Crippen LogP contribution in [0.4, 0.5) is 5.69 Å². The summed E-state index contributed by atoms with van der Waals surface area (Å²) in [5, 5.41) is 98.8. The molecular weight excluding hydrogens is 1310 g/mol. The van der Waals surface area contributed by atoms with Crippen molar-refractivity contribution in [3.8, 4) is 0 Å². The van der Waals surface area contributed by atoms with E-state index >= 15 is 0 Å². The van der Waals surface area contributed by atoms with Crippen molar-refractivity contribution in [2.75, 3.05) is 90.5 Å². The molecule has 1 aromatic heterocycles. The van der Waals surface area contributed by atoms with E-state index in [9.17, 15) is 93.6 Å². The minimum absolute atomic E-state index is 0. The third-order valence-corrected chi connectivity index (χ3v) is 13.7. The van der Waals surface area contributed by atoms with Crippen molar-refractivity contribution < 1.29 is 134 Å². The first-order valence-corrected chi connectivity index (χ1v) is 27.4. The number of benzene rings is 2. The van der Waals surface area contributed by atoms with Crippen LogP contribution in [0.1, 0.15) is 36.6 Å². The van der Waals surface area contributed by atoms with Crippen LogP contribution in [0.25, 0.3) is 0 Å². The summed E-state index contributed by atoms with van der Waals surface area (Å²) < 4.78 is 0. The number of aromatic amines is 1. The summed E-state index contributed by atoms with van der Waals surface area (Å²) in [5.41, 5.74) is 1.85. The number of carbonyl (C=O) groups excluding carboxylic acids is 7. The van der Waals surface area contributed by atoms with Gasteiger partial charge in [0, 0.05) is 95.9 Å². The quantitative estimate of drug-likeness (QED) is 0.0258. The number of amides is 5. The number of hydrogen-bond acceptors (Lipinski definition) is 21. The molecule has 1 aliphatic heterocycles. The van der Waals surface area contributed by atoms with Crippen LogP contribution in [-0.4, -0.2) is 258 Å². The molecule has 7 atom stereocenters. The summed E-state index contributed by atoms with van der Waals surface area (Å²) in [6.07, 6.45) is 1.55. The van der Waals surface area contributed by atoms with Crippen LogP contribution < -0.4 is 47.4 Å². The molecule has 2 heterocycles. The zero-order chi connectivity index (χ0) is 63.5. The van der Waals surface area contributed by atoms with Crippen LogP contribution in [0.2, 0.25) is 0 Å². The molecule has 1 unspecified atom stereocenters. The number of hydrogen-bond donors (Lipinski definition) is 14. The molecule has 32 nitrogen and oxygen atoms in total. The first-order valence-electron chi connectivity index (χ1n) is 27.0. The number of H-pyrrole nitrogens is 1. The van der Waals surface area contributed by atoms with E-state index in [1.807, 2.05) is 0 Å². The SMILES string of the molecule is C[C@H](NC(=O)[C@H](CC(=O)O)NC(=S)Nc1ccc(CCC(C(=O)O)N2CCN(CC(=O)[O-])CCN(CC(=O)[O-])CCN(CC(=O)O)CC2)cc1)C(=O)N[C@@H](Cc1cnc[nH]1)C(=O)N[C@@H](CO)C(=O)N[C@@H](Cc1ccccc1)C(=O)N[C@@H](CO)C(=O)O.[Gd+3]. The Morgan fingerprint density at radius 1 is 0.575 bits per heavy atom. The van der Waals surface area contributed by atoms with Gasteiger partial charge in [0.1, 0.15) is 42.3 Å². The monoisotopic (exact) mass is 1380 g/mol. The zero-order valence-corrected chi connectivity index (χ0v) is 50.2. The van der Waals surface area contributed by atoms with E-state index in [0.717, 1.165) is 0 Å². The maximum Gasteiger partial charge on any atom is 3.00 e. The molecule has 0 spiro atoms. The van der Waals surface area contributed by atoms with Gasteiger partial charge in [0.2, 0.25) is 29.5 Å². The standard InChI is InChI=1S/C53H73N13O19S.Gd/c1-31(46(77)58-37(22-35-24-54-30-55-35)49(80)60-39(28-67)50(81)59-36(21-33-5-3-2-4-6-33)48(79)61-40(29-68)51(82)83)56-47(78)38(23-42(69)70)62-53(86)57-34-10-7-32(8-11-34)9-12-41(52(84)85)66-19-17-64(26-44(73)74)15-13-63(25-43(71)72)14-16-65(18-20-66)27-45(75)76;/h2-8,10-11,24,30-31,36-41,67-68H,9,12-23,25-29H2,1H3,(H,54,55)(H,56,78)(H,58,77)(H,59,81)(H,60,80)(H,61,79)(H,69,70)(H,71,72)(H,73,74)(H,75,76)(H,82,83)(H,84,85)(H2,57,62,86);/q;+3/p-2/t31-,36-,37-,38-,39-,40-,41?;/m0./s1. The molecule has 1 aliphatic rings. The fraction of sp³-hybridized carbons (Fsp3) is 0.491. The number of anilines is 1. The Labute approximate surface area is 535 Å². The van der Waals surface area contributed by atoms with E-state index in [4.69, 9.17) is 12.2 Å². The second-order valence-corrected chi connectivity index (χ2v) is 20.4. The maximum absolute atomic E-state index is 13.8. The van der Waals surface area contributed by atoms with E-state index < -0.39 is 147 Å². The second-order valence-electron chi connectivity index (χ2n) is 20.0. The van der Waals surface area contributed by atoms with Gasteiger partial charge >= 0.3 is 63.8 Å². The number of carboxylic acid groups (broad SMARTS) is 6. The molecule has 475 valence electrons. The molecule has 87 heavy (non-hydrogen) atoms. The molecule has 0 bridgehead atoms. The van der Waals surface area contributed by atoms with E-state index in [1.54, 1.807) is 64.4 Å². The van der Waals surface area contributed by atoms with E-state index in [1.165, 1.54) is 29.2 Å². The van der Waals surface area contributed by atoms with Crippen LogP contribution in [-0.2, 0) is 72.0 Å². The largest absolute Gasteiger partial charge is 3.00 e. The molecule has 1 fully saturated rings. The molecule has 1 radical (unpaired) electrons. The van der Waals surface area contributed by atoms with Gasteiger partial charge in [0.25, 0.3) is 0 Å². The van der Waals surface area contributed by atoms with Crippen LogP contribution in [0.5, 0.6) is 0 Å². The topological polar surface area (TPSA) is 481 Å². The third kappa shape index (κ3) is 27.0. The number of aromatic nitrogens is 2. The Hall–Kier alpha value is -7.41. The molecule has 1 saturated heterocycles. The number of nitrogens with zero attached hydrogens (tertiary/aromatic N) is 5. The molecule has 4 rings (SSSR count). The Bertz CT molecular complexity index is 2780. The summed E-state index contributed by atoms with van der Waals surface area (Å²) in [4.78, 5) is 152. The second kappa shape index (κ2) is 38.0. The van der Waals surface area contributed by atoms with Gasteiger partial charge in [-0.1, -0.05) is 42.5 Å². The fourth-order valence-electron chi connectivity index (χ4n) is 8.88. The number of rotatable bonds is 32. The van der Waals surface area contributed by atoms with Crippen molar-refractivity contribution in [2.45, 2.75) is 81.3 Å². The molecular formula is C53H71GdN13O19S+. The van der Waals surface area contributed by atoms with Gasteiger partial charge < -0.3 is 92.6 Å². The van der Waals surface area contributed by atoms with Crippen molar-refractivity contribution >= 4 is 88.4 Å². The molecule has 0 aliphatic carbocycles. The molecule has 3 aromatic rings. The average molecular weight is 1380 g/mol. The predicted octanol–water partition coefficient (Wildman–Crippen LogP) is -7.27. The number of nitrogens with one attached hydrogen (secondary N) is 8. The minimum atomic E-state index is -1.76. The molecule has 2 aromatic carbocycles.